The molecule has 3 N–H and O–H groups in total. The molecule has 0 spiro atoms. The first kappa shape index (κ1) is 27.7. The van der Waals surface area contributed by atoms with Gasteiger partial charge in [0.25, 0.3) is 0 Å². The normalized spacial score (nSPS) is 12.5. The maximum Gasteiger partial charge on any atom is 0.244 e. The standard InChI is InChI=1S/C30H37N4O3/c1-23(2)18-20-34(26-13-15-27(16-14-26)37-21-24-9-5-4-6-10-24)22-30(3,29(31)36)33-28(35)17-12-25-11-7-8-19-32-25/h4-11,13-17,19,23H,12,18,20-22H2,1-3H3,(H2,31,36)(H,33,35). The van der Waals surface area contributed by atoms with E-state index in [1.807, 2.05) is 72.8 Å². The number of carbonyl (C=O) groups excluding carboxylic acids is 2. The molecule has 0 aliphatic carbocycles. The summed E-state index contributed by atoms with van der Waals surface area (Å²) in [5, 5.41) is 2.84. The summed E-state index contributed by atoms with van der Waals surface area (Å²) in [5.74, 6) is 0.272. The second kappa shape index (κ2) is 13.4. The lowest BCUT2D eigenvalue weighted by atomic mass is 9.98. The van der Waals surface area contributed by atoms with Gasteiger partial charge in [-0.15, -0.1) is 0 Å². The topological polar surface area (TPSA) is 97.5 Å². The van der Waals surface area contributed by atoms with Crippen LogP contribution in [0, 0.1) is 12.3 Å². The zero-order valence-electron chi connectivity index (χ0n) is 21.9. The third kappa shape index (κ3) is 8.94. The number of anilines is 1. The van der Waals surface area contributed by atoms with Crippen LogP contribution in [0.25, 0.3) is 0 Å². The predicted octanol–water partition coefficient (Wildman–Crippen LogP) is 4.32. The van der Waals surface area contributed by atoms with Gasteiger partial charge in [0.15, 0.2) is 0 Å². The molecular formula is C30H37N4O3. The largest absolute Gasteiger partial charge is 0.489 e. The zero-order chi connectivity index (χ0) is 26.7. The summed E-state index contributed by atoms with van der Waals surface area (Å²) in [6.45, 7) is 7.40. The summed E-state index contributed by atoms with van der Waals surface area (Å²) in [4.78, 5) is 31.6. The summed E-state index contributed by atoms with van der Waals surface area (Å²) < 4.78 is 5.92. The van der Waals surface area contributed by atoms with Crippen molar-refractivity contribution in [3.05, 3.63) is 96.7 Å². The fraction of sp³-hybridized carbons (Fsp3) is 0.333. The van der Waals surface area contributed by atoms with E-state index in [1.165, 1.54) is 6.42 Å². The molecule has 2 amide bonds. The lowest BCUT2D eigenvalue weighted by Gasteiger charge is -2.35. The van der Waals surface area contributed by atoms with E-state index in [4.69, 9.17) is 10.5 Å². The van der Waals surface area contributed by atoms with Crippen molar-refractivity contribution in [1.29, 1.82) is 0 Å². The van der Waals surface area contributed by atoms with Crippen molar-refractivity contribution in [2.24, 2.45) is 11.7 Å². The third-order valence-corrected chi connectivity index (χ3v) is 6.10. The Morgan fingerprint density at radius 2 is 1.76 bits per heavy atom. The van der Waals surface area contributed by atoms with Crippen LogP contribution in [-0.4, -0.2) is 35.4 Å². The van der Waals surface area contributed by atoms with Crippen molar-refractivity contribution in [2.45, 2.75) is 45.8 Å². The Morgan fingerprint density at radius 3 is 2.38 bits per heavy atom. The summed E-state index contributed by atoms with van der Waals surface area (Å²) in [5.41, 5.74) is 7.32. The smallest absolute Gasteiger partial charge is 0.244 e. The molecule has 1 heterocycles. The molecule has 3 aromatic rings. The molecule has 1 aromatic heterocycles. The number of rotatable bonds is 14. The minimum Gasteiger partial charge on any atom is -0.489 e. The van der Waals surface area contributed by atoms with Gasteiger partial charge in [-0.1, -0.05) is 50.2 Å². The molecule has 0 aliphatic heterocycles. The maximum absolute atomic E-state index is 12.7. The van der Waals surface area contributed by atoms with Crippen molar-refractivity contribution < 1.29 is 14.3 Å². The Labute approximate surface area is 220 Å². The maximum atomic E-state index is 12.7. The van der Waals surface area contributed by atoms with Crippen LogP contribution >= 0.6 is 0 Å². The van der Waals surface area contributed by atoms with Crippen LogP contribution in [-0.2, 0) is 22.6 Å². The quantitative estimate of drug-likeness (QED) is 0.343. The third-order valence-electron chi connectivity index (χ3n) is 6.10. The van der Waals surface area contributed by atoms with E-state index in [-0.39, 0.29) is 12.5 Å². The molecule has 0 fully saturated rings. The average molecular weight is 502 g/mol. The highest BCUT2D eigenvalue weighted by molar-refractivity contribution is 5.93. The number of primary amides is 1. The lowest BCUT2D eigenvalue weighted by Crippen LogP contribution is -2.61. The number of nitrogens with one attached hydrogen (secondary N) is 1. The highest BCUT2D eigenvalue weighted by Gasteiger charge is 2.35. The van der Waals surface area contributed by atoms with E-state index < -0.39 is 11.4 Å². The zero-order valence-corrected chi connectivity index (χ0v) is 21.9. The molecule has 0 bridgehead atoms. The van der Waals surface area contributed by atoms with Crippen LogP contribution in [0.5, 0.6) is 5.75 Å². The second-order valence-corrected chi connectivity index (χ2v) is 9.79. The van der Waals surface area contributed by atoms with Crippen LogP contribution in [0.1, 0.15) is 38.4 Å². The SMILES string of the molecule is CC(C)CCN(CC(C)(NC(=O)[CH]Cc1ccccn1)C(N)=O)c1ccc(OCc2ccccc2)cc1. The molecule has 7 nitrogen and oxygen atoms in total. The van der Waals surface area contributed by atoms with Gasteiger partial charge < -0.3 is 20.7 Å². The number of carbonyl (C=O) groups is 2. The van der Waals surface area contributed by atoms with Crippen LogP contribution in [0.15, 0.2) is 79.0 Å². The molecule has 195 valence electrons. The Hall–Kier alpha value is -3.87. The predicted molar refractivity (Wildman–Crippen MR) is 147 cm³/mol. The Bertz CT molecular complexity index is 1120. The summed E-state index contributed by atoms with van der Waals surface area (Å²) in [7, 11) is 0. The number of aromatic nitrogens is 1. The fourth-order valence-corrected chi connectivity index (χ4v) is 3.81. The van der Waals surface area contributed by atoms with E-state index >= 15 is 0 Å². The van der Waals surface area contributed by atoms with Crippen molar-refractivity contribution in [2.75, 3.05) is 18.0 Å². The number of pyridine rings is 1. The summed E-state index contributed by atoms with van der Waals surface area (Å²) >= 11 is 0. The van der Waals surface area contributed by atoms with Crippen LogP contribution < -0.4 is 20.7 Å². The molecule has 3 rings (SSSR count). The number of ether oxygens (including phenoxy) is 1. The molecule has 0 saturated carbocycles. The van der Waals surface area contributed by atoms with Crippen molar-refractivity contribution in [1.82, 2.24) is 10.3 Å². The Morgan fingerprint density at radius 1 is 1.05 bits per heavy atom. The number of nitrogens with zero attached hydrogens (tertiary/aromatic N) is 2. The van der Waals surface area contributed by atoms with Gasteiger partial charge >= 0.3 is 0 Å². The Kier molecular flexibility index (Phi) is 10.1. The van der Waals surface area contributed by atoms with E-state index in [1.54, 1.807) is 13.1 Å². The van der Waals surface area contributed by atoms with Crippen molar-refractivity contribution in [3.8, 4) is 5.75 Å². The van der Waals surface area contributed by atoms with Gasteiger partial charge in [0.1, 0.15) is 17.9 Å². The summed E-state index contributed by atoms with van der Waals surface area (Å²) in [6.07, 6.45) is 4.45. The van der Waals surface area contributed by atoms with E-state index in [0.29, 0.717) is 25.5 Å². The highest BCUT2D eigenvalue weighted by Crippen LogP contribution is 2.23. The number of amides is 2. The monoisotopic (exact) mass is 501 g/mol. The van der Waals surface area contributed by atoms with Gasteiger partial charge in [0.05, 0.1) is 6.42 Å². The lowest BCUT2D eigenvalue weighted by molar-refractivity contribution is -0.129. The van der Waals surface area contributed by atoms with Crippen LogP contribution in [0.4, 0.5) is 5.69 Å². The van der Waals surface area contributed by atoms with E-state index in [9.17, 15) is 9.59 Å². The second-order valence-electron chi connectivity index (χ2n) is 9.79. The van der Waals surface area contributed by atoms with Crippen LogP contribution in [0.3, 0.4) is 0 Å². The number of benzene rings is 2. The molecule has 1 radical (unpaired) electrons. The van der Waals surface area contributed by atoms with E-state index in [0.717, 1.165) is 29.1 Å². The first-order valence-corrected chi connectivity index (χ1v) is 12.6. The molecule has 1 unspecified atom stereocenters. The molecule has 1 atom stereocenters. The van der Waals surface area contributed by atoms with Gasteiger partial charge in [-0.2, -0.15) is 0 Å². The van der Waals surface area contributed by atoms with Crippen molar-refractivity contribution >= 4 is 17.5 Å². The van der Waals surface area contributed by atoms with E-state index in [2.05, 4.69) is 29.0 Å². The number of hydrogen-bond donors (Lipinski definition) is 2. The first-order chi connectivity index (χ1) is 17.7. The Balaban J connectivity index is 1.68. The number of nitrogens with two attached hydrogens (primary N) is 1. The average Bonchev–Trinajstić information content (AvgIpc) is 2.90. The van der Waals surface area contributed by atoms with Gasteiger partial charge in [0, 0.05) is 37.1 Å². The molecule has 37 heavy (non-hydrogen) atoms. The van der Waals surface area contributed by atoms with Crippen LogP contribution in [0.2, 0.25) is 0 Å². The van der Waals surface area contributed by atoms with Gasteiger partial charge in [-0.05, 0) is 61.2 Å². The molecule has 0 aliphatic rings. The molecule has 0 saturated heterocycles. The molecule has 7 heteroatoms. The first-order valence-electron chi connectivity index (χ1n) is 12.6. The van der Waals surface area contributed by atoms with Crippen molar-refractivity contribution in [3.63, 3.8) is 0 Å². The minimum atomic E-state index is -1.27. The molecule has 2 aromatic carbocycles. The summed E-state index contributed by atoms with van der Waals surface area (Å²) in [6, 6.07) is 23.3. The molecular weight excluding hydrogens is 464 g/mol. The minimum absolute atomic E-state index is 0.239. The highest BCUT2D eigenvalue weighted by atomic mass is 16.5. The van der Waals surface area contributed by atoms with Gasteiger partial charge in [0.2, 0.25) is 11.8 Å². The van der Waals surface area contributed by atoms with Gasteiger partial charge in [-0.25, -0.2) is 0 Å². The fourth-order valence-electron chi connectivity index (χ4n) is 3.81. The van der Waals surface area contributed by atoms with Gasteiger partial charge in [-0.3, -0.25) is 14.6 Å². The number of hydrogen-bond acceptors (Lipinski definition) is 5.